The number of aryl methyl sites for hydroxylation is 1. The Kier molecular flexibility index (Phi) is 8.15. The van der Waals surface area contributed by atoms with Crippen LogP contribution in [-0.2, 0) is 11.2 Å². The van der Waals surface area contributed by atoms with Crippen molar-refractivity contribution in [2.24, 2.45) is 5.92 Å². The second-order valence-corrected chi connectivity index (χ2v) is 9.22. The van der Waals surface area contributed by atoms with Crippen molar-refractivity contribution in [2.45, 2.75) is 58.4 Å². The predicted octanol–water partition coefficient (Wildman–Crippen LogP) is 4.04. The van der Waals surface area contributed by atoms with Crippen molar-refractivity contribution in [2.75, 3.05) is 37.6 Å². The molecule has 2 saturated heterocycles. The Morgan fingerprint density at radius 1 is 1.06 bits per heavy atom. The molecule has 1 N–H and O–H groups in total. The molecule has 7 nitrogen and oxygen atoms in total. The number of hydrogen-bond acceptors (Lipinski definition) is 6. The van der Waals surface area contributed by atoms with E-state index in [0.29, 0.717) is 11.9 Å². The van der Waals surface area contributed by atoms with E-state index in [1.165, 1.54) is 24.8 Å². The lowest BCUT2D eigenvalue weighted by Gasteiger charge is -2.34. The lowest BCUT2D eigenvalue weighted by atomic mass is 9.96. The van der Waals surface area contributed by atoms with Crippen molar-refractivity contribution in [3.8, 4) is 11.6 Å². The quantitative estimate of drug-likeness (QED) is 0.653. The summed E-state index contributed by atoms with van der Waals surface area (Å²) >= 11 is 0. The zero-order valence-electron chi connectivity index (χ0n) is 20.0. The third kappa shape index (κ3) is 6.22. The van der Waals surface area contributed by atoms with E-state index >= 15 is 0 Å². The number of rotatable bonds is 8. The maximum absolute atomic E-state index is 12.7. The molecule has 1 aromatic heterocycles. The normalized spacial score (nSPS) is 19.9. The number of carbonyl (C=O) groups excluding carboxylic acids is 1. The Morgan fingerprint density at radius 3 is 2.55 bits per heavy atom. The zero-order chi connectivity index (χ0) is 23.0. The van der Waals surface area contributed by atoms with Crippen LogP contribution in [0.2, 0.25) is 0 Å². The lowest BCUT2D eigenvalue weighted by molar-refractivity contribution is -0.125. The fourth-order valence-electron chi connectivity index (χ4n) is 4.82. The minimum absolute atomic E-state index is 0.0580. The smallest absolute Gasteiger partial charge is 0.263 e. The number of likely N-dealkylation sites (tertiary alicyclic amines) is 1. The van der Waals surface area contributed by atoms with Crippen LogP contribution < -0.4 is 15.0 Å². The van der Waals surface area contributed by atoms with Gasteiger partial charge < -0.3 is 15.0 Å². The summed E-state index contributed by atoms with van der Waals surface area (Å²) in [6.45, 7) is 8.81. The summed E-state index contributed by atoms with van der Waals surface area (Å²) < 4.78 is 6.06. The first-order chi connectivity index (χ1) is 16.1. The van der Waals surface area contributed by atoms with Crippen molar-refractivity contribution < 1.29 is 9.53 Å². The molecule has 0 spiro atoms. The van der Waals surface area contributed by atoms with Crippen LogP contribution >= 0.6 is 0 Å². The Balaban J connectivity index is 1.27. The van der Waals surface area contributed by atoms with Gasteiger partial charge in [-0.25, -0.2) is 9.97 Å². The van der Waals surface area contributed by atoms with Gasteiger partial charge in [-0.05, 0) is 63.3 Å². The monoisotopic (exact) mass is 451 g/mol. The Hall–Kier alpha value is -2.67. The number of ether oxygens (including phenoxy) is 1. The molecule has 1 amide bonds. The van der Waals surface area contributed by atoms with Gasteiger partial charge in [0, 0.05) is 50.5 Å². The number of anilines is 1. The molecule has 7 heteroatoms. The molecule has 33 heavy (non-hydrogen) atoms. The van der Waals surface area contributed by atoms with Gasteiger partial charge in [-0.1, -0.05) is 25.5 Å². The van der Waals surface area contributed by atoms with Crippen LogP contribution in [0, 0.1) is 5.92 Å². The van der Waals surface area contributed by atoms with Crippen LogP contribution in [0.1, 0.15) is 51.5 Å². The first kappa shape index (κ1) is 23.5. The summed E-state index contributed by atoms with van der Waals surface area (Å²) in [4.78, 5) is 26.4. The molecule has 0 unspecified atom stereocenters. The molecule has 178 valence electrons. The van der Waals surface area contributed by atoms with Crippen molar-refractivity contribution in [1.29, 1.82) is 0 Å². The first-order valence-electron chi connectivity index (χ1n) is 12.5. The summed E-state index contributed by atoms with van der Waals surface area (Å²) in [5.41, 5.74) is 1.27. The summed E-state index contributed by atoms with van der Waals surface area (Å²) in [6.07, 6.45) is 9.84. The highest BCUT2D eigenvalue weighted by Gasteiger charge is 2.27. The number of hydrogen-bond donors (Lipinski definition) is 1. The van der Waals surface area contributed by atoms with Crippen LogP contribution in [0.5, 0.6) is 11.6 Å². The molecular weight excluding hydrogens is 414 g/mol. The van der Waals surface area contributed by atoms with Gasteiger partial charge >= 0.3 is 0 Å². The van der Waals surface area contributed by atoms with E-state index in [-0.39, 0.29) is 11.8 Å². The van der Waals surface area contributed by atoms with Gasteiger partial charge in [0.05, 0.1) is 0 Å². The summed E-state index contributed by atoms with van der Waals surface area (Å²) in [5, 5.41) is 3.18. The maximum Gasteiger partial charge on any atom is 0.263 e. The van der Waals surface area contributed by atoms with Crippen LogP contribution in [0.15, 0.2) is 36.7 Å². The molecule has 2 aliphatic heterocycles. The molecular formula is C26H37N5O2. The summed E-state index contributed by atoms with van der Waals surface area (Å²) in [5.74, 6) is 2.26. The third-order valence-electron chi connectivity index (χ3n) is 7.00. The third-order valence-corrected chi connectivity index (χ3v) is 7.00. The predicted molar refractivity (Wildman–Crippen MR) is 131 cm³/mol. The average molecular weight is 452 g/mol. The minimum atomic E-state index is 0.0580. The number of nitrogens with one attached hydrogen (secondary N) is 1. The molecule has 4 rings (SSSR count). The highest BCUT2D eigenvalue weighted by Crippen LogP contribution is 2.31. The van der Waals surface area contributed by atoms with Gasteiger partial charge in [0.25, 0.3) is 5.88 Å². The minimum Gasteiger partial charge on any atom is -0.436 e. The molecule has 2 aliphatic rings. The standard InChI is InChI=1S/C26H37N5O2/c1-3-21-7-9-23(10-8-21)33-26-24(27-13-14-29-26)31-17-11-22(12-18-31)25(32)28-15-19-30-16-5-4-6-20(30)2/h7-10,13-14,20,22H,3-6,11-12,15-19H2,1-2H3,(H,28,32)/t20-/m0/s1. The Bertz CT molecular complexity index is 896. The van der Waals surface area contributed by atoms with E-state index in [4.69, 9.17) is 4.74 Å². The van der Waals surface area contributed by atoms with Gasteiger partial charge in [-0.3, -0.25) is 9.69 Å². The van der Waals surface area contributed by atoms with Crippen LogP contribution in [-0.4, -0.2) is 59.5 Å². The first-order valence-corrected chi connectivity index (χ1v) is 12.5. The highest BCUT2D eigenvalue weighted by molar-refractivity contribution is 5.79. The number of amides is 1. The van der Waals surface area contributed by atoms with Crippen LogP contribution in [0.25, 0.3) is 0 Å². The Morgan fingerprint density at radius 2 is 1.82 bits per heavy atom. The molecule has 1 atom stereocenters. The van der Waals surface area contributed by atoms with E-state index < -0.39 is 0 Å². The van der Waals surface area contributed by atoms with Gasteiger partial charge in [0.1, 0.15) is 5.75 Å². The molecule has 2 fully saturated rings. The van der Waals surface area contributed by atoms with Crippen LogP contribution in [0.3, 0.4) is 0 Å². The molecule has 0 radical (unpaired) electrons. The van der Waals surface area contributed by atoms with Gasteiger partial charge in [-0.2, -0.15) is 0 Å². The lowest BCUT2D eigenvalue weighted by Crippen LogP contribution is -2.45. The average Bonchev–Trinajstić information content (AvgIpc) is 2.86. The highest BCUT2D eigenvalue weighted by atomic mass is 16.5. The van der Waals surface area contributed by atoms with E-state index in [2.05, 4.69) is 51.1 Å². The summed E-state index contributed by atoms with van der Waals surface area (Å²) in [7, 11) is 0. The molecule has 3 heterocycles. The van der Waals surface area contributed by atoms with E-state index in [9.17, 15) is 4.79 Å². The topological polar surface area (TPSA) is 70.6 Å². The van der Waals surface area contributed by atoms with E-state index in [1.807, 2.05) is 12.1 Å². The molecule has 1 aromatic carbocycles. The SMILES string of the molecule is CCc1ccc(Oc2nccnc2N2CCC(C(=O)NCCN3CCCC[C@@H]3C)CC2)cc1. The molecule has 2 aromatic rings. The van der Waals surface area contributed by atoms with Crippen molar-refractivity contribution in [3.63, 3.8) is 0 Å². The van der Waals surface area contributed by atoms with Crippen LogP contribution in [0.4, 0.5) is 5.82 Å². The molecule has 0 aliphatic carbocycles. The summed E-state index contributed by atoms with van der Waals surface area (Å²) in [6, 6.07) is 8.71. The van der Waals surface area contributed by atoms with Gasteiger partial charge in [0.2, 0.25) is 5.91 Å². The molecule has 0 saturated carbocycles. The van der Waals surface area contributed by atoms with Crippen molar-refractivity contribution in [1.82, 2.24) is 20.2 Å². The second-order valence-electron chi connectivity index (χ2n) is 9.22. The number of carbonyl (C=O) groups is 1. The number of benzene rings is 1. The van der Waals surface area contributed by atoms with Crippen molar-refractivity contribution >= 4 is 11.7 Å². The van der Waals surface area contributed by atoms with Gasteiger partial charge in [-0.15, -0.1) is 0 Å². The van der Waals surface area contributed by atoms with Crippen molar-refractivity contribution in [3.05, 3.63) is 42.2 Å². The maximum atomic E-state index is 12.7. The number of aromatic nitrogens is 2. The Labute approximate surface area is 197 Å². The largest absolute Gasteiger partial charge is 0.436 e. The number of nitrogens with zero attached hydrogens (tertiary/aromatic N) is 4. The molecule has 0 bridgehead atoms. The van der Waals surface area contributed by atoms with Gasteiger partial charge in [0.15, 0.2) is 5.82 Å². The number of piperidine rings is 2. The van der Waals surface area contributed by atoms with E-state index in [1.54, 1.807) is 12.4 Å². The fourth-order valence-corrected chi connectivity index (χ4v) is 4.82. The zero-order valence-corrected chi connectivity index (χ0v) is 20.0. The van der Waals surface area contributed by atoms with E-state index in [0.717, 1.165) is 63.6 Å². The second kappa shape index (κ2) is 11.5. The fraction of sp³-hybridized carbons (Fsp3) is 0.577.